The predicted molar refractivity (Wildman–Crippen MR) is 70.1 cm³/mol. The van der Waals surface area contributed by atoms with Gasteiger partial charge in [-0.3, -0.25) is 0 Å². The molecule has 0 N–H and O–H groups in total. The van der Waals surface area contributed by atoms with Crippen LogP contribution in [0.25, 0.3) is 0 Å². The maximum Gasteiger partial charge on any atom is 0.136 e. The van der Waals surface area contributed by atoms with E-state index in [9.17, 15) is 8.78 Å². The maximum absolute atomic E-state index is 13.4. The van der Waals surface area contributed by atoms with E-state index in [1.54, 1.807) is 0 Å². The van der Waals surface area contributed by atoms with Gasteiger partial charge in [0.2, 0.25) is 0 Å². The van der Waals surface area contributed by atoms with E-state index in [-0.39, 0.29) is 5.82 Å². The summed E-state index contributed by atoms with van der Waals surface area (Å²) in [6, 6.07) is 11.2. The van der Waals surface area contributed by atoms with E-state index in [2.05, 4.69) is 15.9 Å². The molecule has 0 aliphatic heterocycles. The molecule has 0 spiro atoms. The van der Waals surface area contributed by atoms with Gasteiger partial charge in [-0.15, -0.1) is 11.8 Å². The van der Waals surface area contributed by atoms with Crippen LogP contribution in [0.1, 0.15) is 5.56 Å². The Balaban J connectivity index is 2.12. The van der Waals surface area contributed by atoms with Crippen molar-refractivity contribution in [3.05, 3.63) is 64.1 Å². The average Bonchev–Trinajstić information content (AvgIpc) is 2.32. The van der Waals surface area contributed by atoms with Crippen LogP contribution >= 0.6 is 27.7 Å². The first-order valence-electron chi connectivity index (χ1n) is 4.98. The summed E-state index contributed by atoms with van der Waals surface area (Å²) < 4.78 is 27.3. The first-order valence-corrected chi connectivity index (χ1v) is 6.76. The zero-order valence-electron chi connectivity index (χ0n) is 8.79. The van der Waals surface area contributed by atoms with Gasteiger partial charge in [-0.1, -0.05) is 34.1 Å². The van der Waals surface area contributed by atoms with Gasteiger partial charge < -0.3 is 0 Å². The number of halogens is 3. The second-order valence-corrected chi connectivity index (χ2v) is 5.33. The molecule has 17 heavy (non-hydrogen) atoms. The molecule has 2 aromatic carbocycles. The lowest BCUT2D eigenvalue weighted by atomic mass is 10.2. The van der Waals surface area contributed by atoms with Crippen LogP contribution in [0.15, 0.2) is 51.8 Å². The fourth-order valence-corrected chi connectivity index (χ4v) is 2.93. The normalized spacial score (nSPS) is 10.5. The largest absolute Gasteiger partial charge is 0.207 e. The van der Waals surface area contributed by atoms with E-state index in [1.807, 2.05) is 24.3 Å². The highest BCUT2D eigenvalue weighted by atomic mass is 79.9. The van der Waals surface area contributed by atoms with Crippen molar-refractivity contribution < 1.29 is 8.78 Å². The van der Waals surface area contributed by atoms with Crippen LogP contribution in [0.5, 0.6) is 0 Å². The van der Waals surface area contributed by atoms with Crippen molar-refractivity contribution in [2.24, 2.45) is 0 Å². The Labute approximate surface area is 111 Å². The van der Waals surface area contributed by atoms with E-state index < -0.39 is 5.82 Å². The Bertz CT molecular complexity index is 529. The van der Waals surface area contributed by atoms with E-state index in [0.29, 0.717) is 10.6 Å². The minimum Gasteiger partial charge on any atom is -0.207 e. The monoisotopic (exact) mass is 314 g/mol. The molecule has 0 aliphatic rings. The van der Waals surface area contributed by atoms with Crippen molar-refractivity contribution in [2.75, 3.05) is 0 Å². The lowest BCUT2D eigenvalue weighted by molar-refractivity contribution is 0.577. The summed E-state index contributed by atoms with van der Waals surface area (Å²) in [4.78, 5) is 0.334. The van der Waals surface area contributed by atoms with E-state index in [4.69, 9.17) is 0 Å². The molecule has 0 saturated carbocycles. The third-order valence-electron chi connectivity index (χ3n) is 2.23. The summed E-state index contributed by atoms with van der Waals surface area (Å²) in [5.41, 5.74) is 1.06. The first kappa shape index (κ1) is 12.6. The molecule has 0 unspecified atom stereocenters. The summed E-state index contributed by atoms with van der Waals surface area (Å²) >= 11 is 4.71. The number of benzene rings is 2. The quantitative estimate of drug-likeness (QED) is 0.717. The molecule has 0 bridgehead atoms. The summed E-state index contributed by atoms with van der Waals surface area (Å²) in [6.07, 6.45) is 0. The van der Waals surface area contributed by atoms with Crippen LogP contribution in [0.2, 0.25) is 0 Å². The first-order chi connectivity index (χ1) is 8.16. The molecule has 88 valence electrons. The molecule has 0 aromatic heterocycles. The Kier molecular flexibility index (Phi) is 4.18. The molecule has 4 heteroatoms. The number of hydrogen-bond donors (Lipinski definition) is 0. The zero-order valence-corrected chi connectivity index (χ0v) is 11.2. The van der Waals surface area contributed by atoms with Gasteiger partial charge in [0.15, 0.2) is 0 Å². The lowest BCUT2D eigenvalue weighted by Gasteiger charge is -2.05. The fourth-order valence-electron chi connectivity index (χ4n) is 1.36. The molecule has 0 aliphatic carbocycles. The van der Waals surface area contributed by atoms with Crippen molar-refractivity contribution in [1.82, 2.24) is 0 Å². The van der Waals surface area contributed by atoms with Gasteiger partial charge in [0.05, 0.1) is 0 Å². The van der Waals surface area contributed by atoms with Gasteiger partial charge in [0, 0.05) is 15.1 Å². The summed E-state index contributed by atoms with van der Waals surface area (Å²) in [5, 5.41) is 0. The summed E-state index contributed by atoms with van der Waals surface area (Å²) in [7, 11) is 0. The summed E-state index contributed by atoms with van der Waals surface area (Å²) in [6.45, 7) is 0. The van der Waals surface area contributed by atoms with Gasteiger partial charge in [-0.2, -0.15) is 0 Å². The molecular formula is C13H9BrF2S. The Hall–Kier alpha value is -0.870. The van der Waals surface area contributed by atoms with Crippen LogP contribution in [-0.2, 0) is 5.75 Å². The highest BCUT2D eigenvalue weighted by Gasteiger charge is 2.06. The maximum atomic E-state index is 13.4. The molecule has 0 nitrogen and oxygen atoms in total. The lowest BCUT2D eigenvalue weighted by Crippen LogP contribution is -1.86. The third kappa shape index (κ3) is 3.30. The molecule has 2 aromatic rings. The molecule has 0 amide bonds. The second-order valence-electron chi connectivity index (χ2n) is 3.45. The highest BCUT2D eigenvalue weighted by molar-refractivity contribution is 9.10. The van der Waals surface area contributed by atoms with E-state index in [1.165, 1.54) is 17.8 Å². The van der Waals surface area contributed by atoms with Crippen LogP contribution in [0, 0.1) is 11.6 Å². The second kappa shape index (κ2) is 5.65. The Morgan fingerprint density at radius 3 is 2.59 bits per heavy atom. The minimum absolute atomic E-state index is 0.334. The van der Waals surface area contributed by atoms with Crippen LogP contribution in [0.4, 0.5) is 8.78 Å². The molecule has 0 heterocycles. The molecule has 2 rings (SSSR count). The number of rotatable bonds is 3. The van der Waals surface area contributed by atoms with Crippen molar-refractivity contribution in [3.8, 4) is 0 Å². The average molecular weight is 315 g/mol. The van der Waals surface area contributed by atoms with E-state index in [0.717, 1.165) is 22.2 Å². The topological polar surface area (TPSA) is 0 Å². The summed E-state index contributed by atoms with van der Waals surface area (Å²) in [5.74, 6) is -0.202. The highest BCUT2D eigenvalue weighted by Crippen LogP contribution is 2.28. The Morgan fingerprint density at radius 2 is 1.82 bits per heavy atom. The van der Waals surface area contributed by atoms with Crippen molar-refractivity contribution in [3.63, 3.8) is 0 Å². The smallest absolute Gasteiger partial charge is 0.136 e. The minimum atomic E-state index is -0.416. The predicted octanol–water partition coefficient (Wildman–Crippen LogP) is 5.02. The van der Waals surface area contributed by atoms with Gasteiger partial charge in [-0.05, 0) is 29.8 Å². The standard InChI is InChI=1S/C13H9BrF2S/c14-11-4-2-1-3-9(11)8-17-13-7-10(15)5-6-12(13)16/h1-7H,8H2. The fraction of sp³-hybridized carbons (Fsp3) is 0.0769. The van der Waals surface area contributed by atoms with Crippen LogP contribution in [0.3, 0.4) is 0 Å². The Morgan fingerprint density at radius 1 is 1.06 bits per heavy atom. The van der Waals surface area contributed by atoms with Gasteiger partial charge in [-0.25, -0.2) is 8.78 Å². The van der Waals surface area contributed by atoms with Gasteiger partial charge >= 0.3 is 0 Å². The number of thioether (sulfide) groups is 1. The number of hydrogen-bond acceptors (Lipinski definition) is 1. The van der Waals surface area contributed by atoms with Crippen LogP contribution < -0.4 is 0 Å². The molecule has 0 radical (unpaired) electrons. The SMILES string of the molecule is Fc1ccc(F)c(SCc2ccccc2Br)c1. The molecule has 0 saturated heterocycles. The van der Waals surface area contributed by atoms with Crippen molar-refractivity contribution >= 4 is 27.7 Å². The van der Waals surface area contributed by atoms with Gasteiger partial charge in [0.25, 0.3) is 0 Å². The van der Waals surface area contributed by atoms with Crippen molar-refractivity contribution in [2.45, 2.75) is 10.6 Å². The molecular weight excluding hydrogens is 306 g/mol. The molecule has 0 atom stereocenters. The van der Waals surface area contributed by atoms with Gasteiger partial charge in [0.1, 0.15) is 11.6 Å². The van der Waals surface area contributed by atoms with Crippen molar-refractivity contribution in [1.29, 1.82) is 0 Å². The van der Waals surface area contributed by atoms with Crippen LogP contribution in [-0.4, -0.2) is 0 Å². The van der Waals surface area contributed by atoms with E-state index >= 15 is 0 Å². The zero-order chi connectivity index (χ0) is 12.3. The third-order valence-corrected chi connectivity index (χ3v) is 4.09. The molecule has 0 fully saturated rings.